The van der Waals surface area contributed by atoms with Gasteiger partial charge in [-0.15, -0.1) is 0 Å². The molecule has 1 amide bonds. The van der Waals surface area contributed by atoms with Gasteiger partial charge in [0, 0.05) is 29.1 Å². The molecule has 0 bridgehead atoms. The highest BCUT2D eigenvalue weighted by Crippen LogP contribution is 2.42. The summed E-state index contributed by atoms with van der Waals surface area (Å²) in [7, 11) is 0. The molecule has 2 aliphatic rings. The predicted molar refractivity (Wildman–Crippen MR) is 120 cm³/mol. The van der Waals surface area contributed by atoms with Crippen LogP contribution in [0.5, 0.6) is 0 Å². The van der Waals surface area contributed by atoms with E-state index in [9.17, 15) is 4.79 Å². The minimum atomic E-state index is -0.158. The molecule has 4 nitrogen and oxygen atoms in total. The average Bonchev–Trinajstić information content (AvgIpc) is 3.05. The summed E-state index contributed by atoms with van der Waals surface area (Å²) >= 11 is 18.7. The van der Waals surface area contributed by atoms with E-state index in [1.54, 1.807) is 12.1 Å². The van der Waals surface area contributed by atoms with E-state index in [0.29, 0.717) is 20.8 Å². The van der Waals surface area contributed by atoms with Gasteiger partial charge >= 0.3 is 0 Å². The quantitative estimate of drug-likeness (QED) is 0.557. The number of anilines is 1. The highest BCUT2D eigenvalue weighted by Gasteiger charge is 2.41. The smallest absolute Gasteiger partial charge is 0.270 e. The molecule has 2 aromatic rings. The van der Waals surface area contributed by atoms with Crippen molar-refractivity contribution in [1.82, 2.24) is 4.90 Å². The number of halogens is 3. The number of likely N-dealkylation sites (tertiary alicyclic amines) is 1. The topological polar surface area (TPSA) is 35.9 Å². The van der Waals surface area contributed by atoms with Gasteiger partial charge in [0.2, 0.25) is 0 Å². The molecular formula is C22H22Cl3N3O. The number of amides is 1. The van der Waals surface area contributed by atoms with Gasteiger partial charge in [-0.05, 0) is 55.2 Å². The molecule has 0 radical (unpaired) electrons. The number of hydrazone groups is 1. The van der Waals surface area contributed by atoms with Gasteiger partial charge in [0.15, 0.2) is 0 Å². The molecule has 4 rings (SSSR count). The van der Waals surface area contributed by atoms with E-state index in [-0.39, 0.29) is 17.9 Å². The average molecular weight is 451 g/mol. The third-order valence-corrected chi connectivity index (χ3v) is 6.40. The number of hydrogen-bond acceptors (Lipinski definition) is 3. The fourth-order valence-corrected chi connectivity index (χ4v) is 4.71. The highest BCUT2D eigenvalue weighted by atomic mass is 35.5. The summed E-state index contributed by atoms with van der Waals surface area (Å²) in [6.45, 7) is 3.62. The maximum absolute atomic E-state index is 13.3. The largest absolute Gasteiger partial charge is 0.338 e. The summed E-state index contributed by atoms with van der Waals surface area (Å²) in [6, 6.07) is 12.8. The fourth-order valence-electron chi connectivity index (χ4n) is 4.09. The van der Waals surface area contributed by atoms with Gasteiger partial charge in [-0.3, -0.25) is 9.80 Å². The molecule has 0 N–H and O–H groups in total. The molecule has 2 aliphatic heterocycles. The van der Waals surface area contributed by atoms with Crippen LogP contribution < -0.4 is 5.01 Å². The molecule has 0 saturated carbocycles. The molecule has 0 unspecified atom stereocenters. The Labute approximate surface area is 186 Å². The lowest BCUT2D eigenvalue weighted by Crippen LogP contribution is -2.41. The van der Waals surface area contributed by atoms with Crippen molar-refractivity contribution in [2.24, 2.45) is 11.0 Å². The number of rotatable bonds is 3. The van der Waals surface area contributed by atoms with Crippen LogP contribution in [-0.4, -0.2) is 29.6 Å². The lowest BCUT2D eigenvalue weighted by atomic mass is 9.90. The van der Waals surface area contributed by atoms with Crippen molar-refractivity contribution >= 4 is 52.1 Å². The van der Waals surface area contributed by atoms with Crippen LogP contribution in [-0.2, 0) is 4.79 Å². The van der Waals surface area contributed by atoms with Crippen LogP contribution in [0.3, 0.4) is 0 Å². The molecule has 152 valence electrons. The molecule has 2 aromatic carbocycles. The van der Waals surface area contributed by atoms with Crippen LogP contribution in [0.4, 0.5) is 5.69 Å². The van der Waals surface area contributed by atoms with Gasteiger partial charge in [-0.25, -0.2) is 0 Å². The fraction of sp³-hybridized carbons (Fsp3) is 0.364. The molecule has 0 spiro atoms. The second-order valence-corrected chi connectivity index (χ2v) is 8.84. The van der Waals surface area contributed by atoms with Crippen LogP contribution in [0.1, 0.15) is 37.8 Å². The van der Waals surface area contributed by atoms with Gasteiger partial charge in [0.25, 0.3) is 5.91 Å². The van der Waals surface area contributed by atoms with Crippen LogP contribution >= 0.6 is 34.8 Å². The Morgan fingerprint density at radius 3 is 2.28 bits per heavy atom. The molecule has 0 aliphatic carbocycles. The standard InChI is InChI=1S/C22H22Cl3N3O/c1-14-20(22(29)27-11-3-2-4-12-27)26-28(19-10-9-17(24)13-18(19)25)21(14)15-5-7-16(23)8-6-15/h5-10,13-14,21H,2-4,11-12H2,1H3/t14-,21+/m1/s1. The van der Waals surface area contributed by atoms with Crippen molar-refractivity contribution in [2.45, 2.75) is 32.2 Å². The first-order chi connectivity index (χ1) is 14.0. The molecule has 0 aromatic heterocycles. The second-order valence-electron chi connectivity index (χ2n) is 7.56. The highest BCUT2D eigenvalue weighted by molar-refractivity contribution is 6.41. The van der Waals surface area contributed by atoms with E-state index in [4.69, 9.17) is 39.9 Å². The Balaban J connectivity index is 1.75. The first-order valence-electron chi connectivity index (χ1n) is 9.83. The Bertz CT molecular complexity index is 939. The van der Waals surface area contributed by atoms with Crippen LogP contribution in [0.2, 0.25) is 15.1 Å². The first kappa shape index (κ1) is 20.5. The Hall–Kier alpha value is -1.75. The molecule has 2 atom stereocenters. The molecule has 1 saturated heterocycles. The summed E-state index contributed by atoms with van der Waals surface area (Å²) in [6.07, 6.45) is 3.26. The van der Waals surface area contributed by atoms with E-state index >= 15 is 0 Å². The zero-order chi connectivity index (χ0) is 20.5. The van der Waals surface area contributed by atoms with Crippen molar-refractivity contribution in [2.75, 3.05) is 18.1 Å². The molecule has 2 heterocycles. The summed E-state index contributed by atoms with van der Waals surface area (Å²) < 4.78 is 0. The van der Waals surface area contributed by atoms with Crippen molar-refractivity contribution in [3.05, 3.63) is 63.1 Å². The zero-order valence-electron chi connectivity index (χ0n) is 16.1. The summed E-state index contributed by atoms with van der Waals surface area (Å²) in [5.74, 6) is -0.0823. The van der Waals surface area contributed by atoms with E-state index in [1.807, 2.05) is 47.2 Å². The van der Waals surface area contributed by atoms with Crippen molar-refractivity contribution in [3.63, 3.8) is 0 Å². The Morgan fingerprint density at radius 2 is 1.62 bits per heavy atom. The maximum atomic E-state index is 13.3. The van der Waals surface area contributed by atoms with Crippen molar-refractivity contribution in [1.29, 1.82) is 0 Å². The number of hydrogen-bond donors (Lipinski definition) is 0. The number of nitrogens with zero attached hydrogens (tertiary/aromatic N) is 3. The van der Waals surface area contributed by atoms with E-state index < -0.39 is 0 Å². The third-order valence-electron chi connectivity index (χ3n) is 5.61. The van der Waals surface area contributed by atoms with Gasteiger partial charge < -0.3 is 4.90 Å². The molecule has 29 heavy (non-hydrogen) atoms. The van der Waals surface area contributed by atoms with E-state index in [2.05, 4.69) is 0 Å². The Morgan fingerprint density at radius 1 is 0.966 bits per heavy atom. The minimum Gasteiger partial charge on any atom is -0.338 e. The van der Waals surface area contributed by atoms with Crippen LogP contribution in [0.25, 0.3) is 0 Å². The summed E-state index contributed by atoms with van der Waals surface area (Å²) in [5, 5.41) is 8.36. The third kappa shape index (κ3) is 4.11. The number of piperidine rings is 1. The van der Waals surface area contributed by atoms with Gasteiger partial charge in [-0.2, -0.15) is 5.10 Å². The minimum absolute atomic E-state index is 0.0174. The molecule has 7 heteroatoms. The number of carbonyl (C=O) groups is 1. The lowest BCUT2D eigenvalue weighted by Gasteiger charge is -2.29. The second kappa shape index (κ2) is 8.55. The monoisotopic (exact) mass is 449 g/mol. The lowest BCUT2D eigenvalue weighted by molar-refractivity contribution is -0.125. The summed E-state index contributed by atoms with van der Waals surface area (Å²) in [4.78, 5) is 15.2. The molecular weight excluding hydrogens is 429 g/mol. The van der Waals surface area contributed by atoms with E-state index in [1.165, 1.54) is 6.42 Å². The van der Waals surface area contributed by atoms with Gasteiger partial charge in [0.05, 0.1) is 16.8 Å². The van der Waals surface area contributed by atoms with E-state index in [0.717, 1.165) is 37.2 Å². The Kier molecular flexibility index (Phi) is 6.05. The summed E-state index contributed by atoms with van der Waals surface area (Å²) in [5.41, 5.74) is 2.32. The van der Waals surface area contributed by atoms with Crippen molar-refractivity contribution in [3.8, 4) is 0 Å². The van der Waals surface area contributed by atoms with Gasteiger partial charge in [0.1, 0.15) is 5.71 Å². The van der Waals surface area contributed by atoms with Crippen molar-refractivity contribution < 1.29 is 4.79 Å². The number of benzene rings is 2. The predicted octanol–water partition coefficient (Wildman–Crippen LogP) is 6.21. The van der Waals surface area contributed by atoms with Gasteiger partial charge in [-0.1, -0.05) is 53.9 Å². The molecule has 1 fully saturated rings. The normalized spacial score (nSPS) is 22.0. The zero-order valence-corrected chi connectivity index (χ0v) is 18.4. The maximum Gasteiger partial charge on any atom is 0.270 e. The van der Waals surface area contributed by atoms with Crippen LogP contribution in [0, 0.1) is 5.92 Å². The SMILES string of the molecule is C[C@@H]1C(C(=O)N2CCCCC2)=NN(c2ccc(Cl)cc2Cl)[C@@H]1c1ccc(Cl)cc1. The number of carbonyl (C=O) groups excluding carboxylic acids is 1. The van der Waals surface area contributed by atoms with Crippen LogP contribution in [0.15, 0.2) is 47.6 Å². The first-order valence-corrected chi connectivity index (χ1v) is 11.0.